The molecule has 2 aromatic carbocycles. The van der Waals surface area contributed by atoms with Crippen LogP contribution < -0.4 is 10.2 Å². The zero-order valence-electron chi connectivity index (χ0n) is 14.1. The maximum atomic E-state index is 12.6. The summed E-state index contributed by atoms with van der Waals surface area (Å²) in [6, 6.07) is 11.3. The summed E-state index contributed by atoms with van der Waals surface area (Å²) in [5.41, 5.74) is 1.67. The van der Waals surface area contributed by atoms with Gasteiger partial charge < -0.3 is 15.0 Å². The topological polar surface area (TPSA) is 75.7 Å². The fourth-order valence-electron chi connectivity index (χ4n) is 2.80. The number of hydrogen-bond donors (Lipinski definition) is 1. The number of methoxy groups -OCH3 is 1. The predicted molar refractivity (Wildman–Crippen MR) is 98.8 cm³/mol. The van der Waals surface area contributed by atoms with Gasteiger partial charge in [-0.15, -0.1) is 0 Å². The zero-order valence-corrected chi connectivity index (χ0v) is 14.9. The summed E-state index contributed by atoms with van der Waals surface area (Å²) in [5.74, 6) is -0.856. The SMILES string of the molecule is COC(=O)c1ccc(Cl)c(NC(=O)c2cccc(N3CCCC3=O)c2)c1. The van der Waals surface area contributed by atoms with Gasteiger partial charge in [0.05, 0.1) is 23.4 Å². The predicted octanol–water partition coefficient (Wildman–Crippen LogP) is 3.51. The molecule has 1 N–H and O–H groups in total. The summed E-state index contributed by atoms with van der Waals surface area (Å²) in [4.78, 5) is 37.8. The molecule has 0 saturated carbocycles. The Kier molecular flexibility index (Phi) is 5.23. The van der Waals surface area contributed by atoms with Gasteiger partial charge in [-0.2, -0.15) is 0 Å². The van der Waals surface area contributed by atoms with Gasteiger partial charge in [-0.05, 0) is 42.8 Å². The van der Waals surface area contributed by atoms with Gasteiger partial charge in [0.1, 0.15) is 0 Å². The van der Waals surface area contributed by atoms with E-state index in [1.807, 2.05) is 0 Å². The molecule has 1 heterocycles. The third-order valence-electron chi connectivity index (χ3n) is 4.13. The molecule has 6 nitrogen and oxygen atoms in total. The number of nitrogens with one attached hydrogen (secondary N) is 1. The molecule has 2 amide bonds. The first-order valence-corrected chi connectivity index (χ1v) is 8.47. The fourth-order valence-corrected chi connectivity index (χ4v) is 2.96. The minimum Gasteiger partial charge on any atom is -0.465 e. The Morgan fingerprint density at radius 1 is 1.15 bits per heavy atom. The number of hydrogen-bond acceptors (Lipinski definition) is 4. The highest BCUT2D eigenvalue weighted by Crippen LogP contribution is 2.26. The quantitative estimate of drug-likeness (QED) is 0.833. The average molecular weight is 373 g/mol. The smallest absolute Gasteiger partial charge is 0.337 e. The number of benzene rings is 2. The molecule has 0 aliphatic carbocycles. The van der Waals surface area contributed by atoms with Gasteiger partial charge in [0.15, 0.2) is 0 Å². The first-order chi connectivity index (χ1) is 12.5. The van der Waals surface area contributed by atoms with Crippen LogP contribution in [0.5, 0.6) is 0 Å². The van der Waals surface area contributed by atoms with Crippen molar-refractivity contribution in [2.45, 2.75) is 12.8 Å². The number of halogens is 1. The van der Waals surface area contributed by atoms with Crippen LogP contribution in [-0.2, 0) is 9.53 Å². The lowest BCUT2D eigenvalue weighted by Gasteiger charge is -2.16. The van der Waals surface area contributed by atoms with E-state index in [9.17, 15) is 14.4 Å². The molecule has 1 saturated heterocycles. The van der Waals surface area contributed by atoms with Crippen molar-refractivity contribution in [1.82, 2.24) is 0 Å². The van der Waals surface area contributed by atoms with Gasteiger partial charge in [-0.1, -0.05) is 17.7 Å². The maximum Gasteiger partial charge on any atom is 0.337 e. The molecule has 0 bridgehead atoms. The molecule has 2 aromatic rings. The monoisotopic (exact) mass is 372 g/mol. The number of nitrogens with zero attached hydrogens (tertiary/aromatic N) is 1. The molecule has 3 rings (SSSR count). The van der Waals surface area contributed by atoms with Gasteiger partial charge in [0.25, 0.3) is 5.91 Å². The highest BCUT2D eigenvalue weighted by atomic mass is 35.5. The Hall–Kier alpha value is -2.86. The van der Waals surface area contributed by atoms with Crippen LogP contribution in [0, 0.1) is 0 Å². The summed E-state index contributed by atoms with van der Waals surface area (Å²) < 4.78 is 4.67. The molecule has 26 heavy (non-hydrogen) atoms. The van der Waals surface area contributed by atoms with Crippen LogP contribution in [0.2, 0.25) is 5.02 Å². The van der Waals surface area contributed by atoms with Crippen molar-refractivity contribution in [3.63, 3.8) is 0 Å². The van der Waals surface area contributed by atoms with E-state index in [4.69, 9.17) is 11.6 Å². The Morgan fingerprint density at radius 3 is 2.65 bits per heavy atom. The molecular weight excluding hydrogens is 356 g/mol. The maximum absolute atomic E-state index is 12.6. The van der Waals surface area contributed by atoms with E-state index in [0.29, 0.717) is 34.9 Å². The summed E-state index contributed by atoms with van der Waals surface area (Å²) in [6.07, 6.45) is 1.33. The van der Waals surface area contributed by atoms with Crippen LogP contribution >= 0.6 is 11.6 Å². The van der Waals surface area contributed by atoms with E-state index in [-0.39, 0.29) is 17.4 Å². The first-order valence-electron chi connectivity index (χ1n) is 8.09. The number of esters is 1. The van der Waals surface area contributed by atoms with Gasteiger partial charge >= 0.3 is 5.97 Å². The summed E-state index contributed by atoms with van der Waals surface area (Å²) in [6.45, 7) is 0.650. The van der Waals surface area contributed by atoms with Gasteiger partial charge in [0.2, 0.25) is 5.91 Å². The van der Waals surface area contributed by atoms with Crippen LogP contribution in [0.25, 0.3) is 0 Å². The third-order valence-corrected chi connectivity index (χ3v) is 4.46. The molecule has 7 heteroatoms. The molecule has 0 aromatic heterocycles. The van der Waals surface area contributed by atoms with E-state index < -0.39 is 5.97 Å². The molecule has 0 atom stereocenters. The zero-order chi connectivity index (χ0) is 18.7. The van der Waals surface area contributed by atoms with E-state index in [2.05, 4.69) is 10.1 Å². The lowest BCUT2D eigenvalue weighted by Crippen LogP contribution is -2.24. The van der Waals surface area contributed by atoms with Crippen molar-refractivity contribution in [1.29, 1.82) is 0 Å². The lowest BCUT2D eigenvalue weighted by atomic mass is 10.1. The second-order valence-corrected chi connectivity index (χ2v) is 6.25. The Morgan fingerprint density at radius 2 is 1.96 bits per heavy atom. The van der Waals surface area contributed by atoms with E-state index in [1.165, 1.54) is 25.3 Å². The Bertz CT molecular complexity index is 882. The number of ether oxygens (including phenoxy) is 1. The molecule has 134 valence electrons. The number of anilines is 2. The van der Waals surface area contributed by atoms with Crippen molar-refractivity contribution in [2.75, 3.05) is 23.9 Å². The normalized spacial score (nSPS) is 13.6. The lowest BCUT2D eigenvalue weighted by molar-refractivity contribution is -0.117. The fraction of sp³-hybridized carbons (Fsp3) is 0.211. The van der Waals surface area contributed by atoms with E-state index >= 15 is 0 Å². The highest BCUT2D eigenvalue weighted by Gasteiger charge is 2.22. The molecular formula is C19H17ClN2O4. The highest BCUT2D eigenvalue weighted by molar-refractivity contribution is 6.34. The minimum absolute atomic E-state index is 0.0522. The number of amides is 2. The standard InChI is InChI=1S/C19H17ClN2O4/c1-26-19(25)13-7-8-15(20)16(11-13)21-18(24)12-4-2-5-14(10-12)22-9-3-6-17(22)23/h2,4-5,7-8,10-11H,3,6,9H2,1H3,(H,21,24). The molecule has 1 aliphatic rings. The third kappa shape index (κ3) is 3.70. The second kappa shape index (κ2) is 7.58. The van der Waals surface area contributed by atoms with Crippen LogP contribution in [0.1, 0.15) is 33.6 Å². The van der Waals surface area contributed by atoms with Crippen LogP contribution in [0.4, 0.5) is 11.4 Å². The summed E-state index contributed by atoms with van der Waals surface area (Å²) >= 11 is 6.11. The number of carbonyl (C=O) groups is 3. The average Bonchev–Trinajstić information content (AvgIpc) is 3.09. The molecule has 0 radical (unpaired) electrons. The summed E-state index contributed by atoms with van der Waals surface area (Å²) in [7, 11) is 1.28. The Labute approximate surface area is 155 Å². The van der Waals surface area contributed by atoms with E-state index in [1.54, 1.807) is 29.2 Å². The molecule has 0 unspecified atom stereocenters. The van der Waals surface area contributed by atoms with Crippen molar-refractivity contribution >= 4 is 40.8 Å². The molecule has 0 spiro atoms. The van der Waals surface area contributed by atoms with E-state index in [0.717, 1.165) is 6.42 Å². The number of rotatable bonds is 4. The van der Waals surface area contributed by atoms with Crippen molar-refractivity contribution in [3.05, 3.63) is 58.6 Å². The first kappa shape index (κ1) is 17.9. The number of carbonyl (C=O) groups excluding carboxylic acids is 3. The minimum atomic E-state index is -0.522. The van der Waals surface area contributed by atoms with Crippen molar-refractivity contribution < 1.29 is 19.1 Å². The molecule has 1 fully saturated rings. The van der Waals surface area contributed by atoms with Gasteiger partial charge in [0, 0.05) is 24.2 Å². The van der Waals surface area contributed by atoms with Crippen molar-refractivity contribution in [3.8, 4) is 0 Å². The molecule has 1 aliphatic heterocycles. The van der Waals surface area contributed by atoms with Crippen molar-refractivity contribution in [2.24, 2.45) is 0 Å². The van der Waals surface area contributed by atoms with Crippen LogP contribution in [-0.4, -0.2) is 31.4 Å². The van der Waals surface area contributed by atoms with Gasteiger partial charge in [-0.25, -0.2) is 4.79 Å². The summed E-state index contributed by atoms with van der Waals surface area (Å²) in [5, 5.41) is 3.00. The van der Waals surface area contributed by atoms with Crippen LogP contribution in [0.15, 0.2) is 42.5 Å². The second-order valence-electron chi connectivity index (χ2n) is 5.84. The Balaban J connectivity index is 1.82. The van der Waals surface area contributed by atoms with Gasteiger partial charge in [-0.3, -0.25) is 9.59 Å². The van der Waals surface area contributed by atoms with Crippen LogP contribution in [0.3, 0.4) is 0 Å². The largest absolute Gasteiger partial charge is 0.465 e.